The normalized spacial score (nSPS) is 11.4. The number of aryl methyl sites for hydroxylation is 1. The van der Waals surface area contributed by atoms with Crippen LogP contribution in [0.1, 0.15) is 11.5 Å². The molecule has 0 aliphatic carbocycles. The molecule has 0 spiro atoms. The molecule has 2 aromatic heterocycles. The first kappa shape index (κ1) is 22.1. The lowest BCUT2D eigenvalue weighted by Gasteiger charge is -2.10. The first-order valence-corrected chi connectivity index (χ1v) is 11.4. The average molecular weight is 453 g/mol. The van der Waals surface area contributed by atoms with Gasteiger partial charge in [-0.25, -0.2) is 15.0 Å². The van der Waals surface area contributed by atoms with Gasteiger partial charge in [-0.2, -0.15) is 0 Å². The van der Waals surface area contributed by atoms with Gasteiger partial charge < -0.3 is 0 Å². The van der Waals surface area contributed by atoms with Crippen LogP contribution in [0.25, 0.3) is 50.4 Å². The molecule has 0 saturated heterocycles. The fourth-order valence-corrected chi connectivity index (χ4v) is 4.01. The zero-order chi connectivity index (χ0) is 24.2. The highest BCUT2D eigenvalue weighted by Gasteiger charge is 2.13. The number of fused-ring (bicyclic) bond motifs is 1. The van der Waals surface area contributed by atoms with Gasteiger partial charge >= 0.3 is 0 Å². The Hall–Kier alpha value is -4.70. The summed E-state index contributed by atoms with van der Waals surface area (Å²) in [6.07, 6.45) is 5.28. The third-order valence-corrected chi connectivity index (χ3v) is 5.81. The average Bonchev–Trinajstić information content (AvgIpc) is 2.91. The number of nitrogens with zero attached hydrogens (tertiary/aromatic N) is 4. The predicted molar refractivity (Wildman–Crippen MR) is 145 cm³/mol. The predicted octanol–water partition coefficient (Wildman–Crippen LogP) is 7.48. The molecule has 0 N–H and O–H groups in total. The minimum absolute atomic E-state index is 0.558. The van der Waals surface area contributed by atoms with E-state index in [9.17, 15) is 0 Å². The molecule has 0 aliphatic heterocycles. The van der Waals surface area contributed by atoms with Crippen molar-refractivity contribution in [1.82, 2.24) is 19.9 Å². The van der Waals surface area contributed by atoms with Gasteiger partial charge in [-0.1, -0.05) is 104 Å². The second-order valence-electron chi connectivity index (χ2n) is 8.13. The van der Waals surface area contributed by atoms with Gasteiger partial charge in [-0.15, -0.1) is 0 Å². The lowest BCUT2D eigenvalue weighted by atomic mass is 10.0. The standard InChI is InChI=1S/C31H24N4/c1-4-11-22(5-2)29-33-30(24-12-7-6-8-13-24)35-31(34-29)25-18-16-23(17-19-25)27-20-26-14-9-10-15-28(26)32-21(27)3/h4-20H,1-2H2,3H3/b22-11+. The van der Waals surface area contributed by atoms with Crippen LogP contribution < -0.4 is 0 Å². The molecule has 2 heterocycles. The van der Waals surface area contributed by atoms with Gasteiger partial charge in [0, 0.05) is 33.3 Å². The van der Waals surface area contributed by atoms with E-state index in [-0.39, 0.29) is 0 Å². The maximum atomic E-state index is 4.79. The van der Waals surface area contributed by atoms with Crippen molar-refractivity contribution in [3.8, 4) is 33.9 Å². The quantitative estimate of drug-likeness (QED) is 0.251. The molecule has 0 fully saturated rings. The lowest BCUT2D eigenvalue weighted by Crippen LogP contribution is -2.02. The number of aromatic nitrogens is 4. The van der Waals surface area contributed by atoms with Gasteiger partial charge in [0.25, 0.3) is 0 Å². The van der Waals surface area contributed by atoms with Crippen LogP contribution in [-0.4, -0.2) is 19.9 Å². The Kier molecular flexibility index (Phi) is 6.10. The smallest absolute Gasteiger partial charge is 0.164 e. The molecule has 4 heteroatoms. The van der Waals surface area contributed by atoms with Crippen LogP contribution in [0.2, 0.25) is 0 Å². The largest absolute Gasteiger partial charge is 0.252 e. The zero-order valence-corrected chi connectivity index (χ0v) is 19.5. The summed E-state index contributed by atoms with van der Waals surface area (Å²) in [5.41, 5.74) is 6.82. The number of pyridine rings is 1. The van der Waals surface area contributed by atoms with Crippen molar-refractivity contribution in [2.24, 2.45) is 0 Å². The van der Waals surface area contributed by atoms with Crippen molar-refractivity contribution in [3.05, 3.63) is 128 Å². The van der Waals surface area contributed by atoms with E-state index in [1.807, 2.05) is 73.7 Å². The van der Waals surface area contributed by atoms with Crippen molar-refractivity contribution in [3.63, 3.8) is 0 Å². The van der Waals surface area contributed by atoms with Crippen LogP contribution in [0.4, 0.5) is 0 Å². The first-order valence-electron chi connectivity index (χ1n) is 11.4. The molecule has 5 rings (SSSR count). The minimum Gasteiger partial charge on any atom is -0.252 e. The van der Waals surface area contributed by atoms with E-state index < -0.39 is 0 Å². The molecule has 35 heavy (non-hydrogen) atoms. The van der Waals surface area contributed by atoms with Gasteiger partial charge in [0.2, 0.25) is 0 Å². The topological polar surface area (TPSA) is 51.6 Å². The molecule has 4 nitrogen and oxygen atoms in total. The number of para-hydroxylation sites is 1. The van der Waals surface area contributed by atoms with Crippen LogP contribution in [-0.2, 0) is 0 Å². The number of hydrogen-bond acceptors (Lipinski definition) is 4. The second kappa shape index (κ2) is 9.65. The highest BCUT2D eigenvalue weighted by Crippen LogP contribution is 2.29. The van der Waals surface area contributed by atoms with Crippen molar-refractivity contribution >= 4 is 16.5 Å². The van der Waals surface area contributed by atoms with Crippen LogP contribution in [0.3, 0.4) is 0 Å². The van der Waals surface area contributed by atoms with Crippen LogP contribution in [0.15, 0.2) is 116 Å². The Labute approximate surface area is 205 Å². The molecule has 0 amide bonds. The van der Waals surface area contributed by atoms with Crippen LogP contribution in [0.5, 0.6) is 0 Å². The van der Waals surface area contributed by atoms with Gasteiger partial charge in [0.15, 0.2) is 17.5 Å². The fourth-order valence-electron chi connectivity index (χ4n) is 4.01. The SMILES string of the molecule is C=C/C=C(\C=C)c1nc(-c2ccccc2)nc(-c2ccc(-c3cc4ccccc4nc3C)cc2)n1. The molecule has 0 unspecified atom stereocenters. The molecule has 5 aromatic rings. The van der Waals surface area contributed by atoms with E-state index in [4.69, 9.17) is 19.9 Å². The monoisotopic (exact) mass is 452 g/mol. The van der Waals surface area contributed by atoms with E-state index >= 15 is 0 Å². The Balaban J connectivity index is 1.59. The van der Waals surface area contributed by atoms with Crippen molar-refractivity contribution in [2.75, 3.05) is 0 Å². The van der Waals surface area contributed by atoms with E-state index in [1.54, 1.807) is 12.2 Å². The minimum atomic E-state index is 0.558. The summed E-state index contributed by atoms with van der Waals surface area (Å²) in [6.45, 7) is 9.76. The number of allylic oxidation sites excluding steroid dienone is 4. The van der Waals surface area contributed by atoms with Gasteiger partial charge in [0.05, 0.1) is 5.52 Å². The molecule has 0 bridgehead atoms. The Morgan fingerprint density at radius 1 is 0.686 bits per heavy atom. The molecular formula is C31H24N4. The molecular weight excluding hydrogens is 428 g/mol. The van der Waals surface area contributed by atoms with Crippen molar-refractivity contribution in [1.29, 1.82) is 0 Å². The lowest BCUT2D eigenvalue weighted by molar-refractivity contribution is 1.04. The Morgan fingerprint density at radius 3 is 2.00 bits per heavy atom. The number of rotatable bonds is 6. The third kappa shape index (κ3) is 4.55. The molecule has 0 radical (unpaired) electrons. The number of benzene rings is 3. The molecule has 168 valence electrons. The van der Waals surface area contributed by atoms with Crippen LogP contribution in [0, 0.1) is 6.92 Å². The summed E-state index contributed by atoms with van der Waals surface area (Å²) in [4.78, 5) is 19.0. The first-order chi connectivity index (χ1) is 17.2. The van der Waals surface area contributed by atoms with Gasteiger partial charge in [0.1, 0.15) is 0 Å². The summed E-state index contributed by atoms with van der Waals surface area (Å²) < 4.78 is 0. The van der Waals surface area contributed by atoms with E-state index in [2.05, 4.69) is 37.4 Å². The summed E-state index contributed by atoms with van der Waals surface area (Å²) in [5, 5.41) is 1.12. The van der Waals surface area contributed by atoms with E-state index in [1.165, 1.54) is 0 Å². The molecule has 0 aliphatic rings. The molecule has 0 saturated carbocycles. The maximum Gasteiger partial charge on any atom is 0.164 e. The molecule has 3 aromatic carbocycles. The number of hydrogen-bond donors (Lipinski definition) is 0. The maximum absolute atomic E-state index is 4.79. The third-order valence-electron chi connectivity index (χ3n) is 5.81. The molecule has 0 atom stereocenters. The summed E-state index contributed by atoms with van der Waals surface area (Å²) in [6, 6.07) is 28.5. The second-order valence-corrected chi connectivity index (χ2v) is 8.13. The fraction of sp³-hybridized carbons (Fsp3) is 0.0323. The van der Waals surface area contributed by atoms with Crippen molar-refractivity contribution < 1.29 is 0 Å². The summed E-state index contributed by atoms with van der Waals surface area (Å²) in [7, 11) is 0. The van der Waals surface area contributed by atoms with Crippen LogP contribution >= 0.6 is 0 Å². The Morgan fingerprint density at radius 2 is 1.31 bits per heavy atom. The van der Waals surface area contributed by atoms with Gasteiger partial charge in [-0.05, 0) is 24.6 Å². The summed E-state index contributed by atoms with van der Waals surface area (Å²) >= 11 is 0. The van der Waals surface area contributed by atoms with E-state index in [0.717, 1.165) is 44.4 Å². The van der Waals surface area contributed by atoms with E-state index in [0.29, 0.717) is 17.5 Å². The highest BCUT2D eigenvalue weighted by atomic mass is 15.0. The van der Waals surface area contributed by atoms with Crippen molar-refractivity contribution in [2.45, 2.75) is 6.92 Å². The Bertz CT molecular complexity index is 1570. The zero-order valence-electron chi connectivity index (χ0n) is 19.5. The summed E-state index contributed by atoms with van der Waals surface area (Å²) in [5.74, 6) is 1.77. The highest BCUT2D eigenvalue weighted by molar-refractivity contribution is 5.85. The van der Waals surface area contributed by atoms with Gasteiger partial charge in [-0.3, -0.25) is 4.98 Å².